The van der Waals surface area contributed by atoms with Gasteiger partial charge in [-0.05, 0) is 36.2 Å². The second-order valence-electron chi connectivity index (χ2n) is 5.32. The fraction of sp³-hybridized carbons (Fsp3) is 0.353. The van der Waals surface area contributed by atoms with Gasteiger partial charge in [0.2, 0.25) is 0 Å². The van der Waals surface area contributed by atoms with Crippen LogP contribution in [0.5, 0.6) is 5.75 Å². The van der Waals surface area contributed by atoms with Gasteiger partial charge in [0.05, 0.1) is 0 Å². The highest BCUT2D eigenvalue weighted by Crippen LogP contribution is 2.15. The van der Waals surface area contributed by atoms with E-state index in [1.807, 2.05) is 30.5 Å². The number of nitrogens with zero attached hydrogens (tertiary/aromatic N) is 1. The third kappa shape index (κ3) is 5.02. The summed E-state index contributed by atoms with van der Waals surface area (Å²) in [6, 6.07) is 12.2. The van der Waals surface area contributed by atoms with E-state index in [9.17, 15) is 0 Å². The van der Waals surface area contributed by atoms with Crippen molar-refractivity contribution in [1.29, 1.82) is 0 Å². The van der Waals surface area contributed by atoms with Gasteiger partial charge in [-0.25, -0.2) is 0 Å². The third-order valence-electron chi connectivity index (χ3n) is 2.91. The standard InChI is InChI=1S/C17H22N2O/c1-14(2)10-19-11-15-5-3-7-17(9-15)20-13-16-6-4-8-18-12-16/h3-9,12,14,19H,10-11,13H2,1-2H3. The molecular formula is C17H22N2O. The number of aromatic nitrogens is 1. The average Bonchev–Trinajstić information content (AvgIpc) is 2.46. The second-order valence-corrected chi connectivity index (χ2v) is 5.32. The Hall–Kier alpha value is -1.87. The Balaban J connectivity index is 1.86. The van der Waals surface area contributed by atoms with Gasteiger partial charge in [0.25, 0.3) is 0 Å². The molecule has 3 nitrogen and oxygen atoms in total. The van der Waals surface area contributed by atoms with Crippen molar-refractivity contribution in [2.75, 3.05) is 6.54 Å². The number of benzene rings is 1. The van der Waals surface area contributed by atoms with Gasteiger partial charge in [0.15, 0.2) is 0 Å². The Bertz CT molecular complexity index is 511. The molecule has 2 rings (SSSR count). The summed E-state index contributed by atoms with van der Waals surface area (Å²) in [6.45, 7) is 6.88. The number of pyridine rings is 1. The molecule has 0 bridgehead atoms. The first-order chi connectivity index (χ1) is 9.74. The van der Waals surface area contributed by atoms with Gasteiger partial charge in [-0.2, -0.15) is 0 Å². The van der Waals surface area contributed by atoms with E-state index in [0.717, 1.165) is 24.4 Å². The molecule has 0 unspecified atom stereocenters. The van der Waals surface area contributed by atoms with Crippen LogP contribution in [0.3, 0.4) is 0 Å². The molecule has 0 spiro atoms. The van der Waals surface area contributed by atoms with Crippen molar-refractivity contribution < 1.29 is 4.74 Å². The molecule has 2 aromatic rings. The third-order valence-corrected chi connectivity index (χ3v) is 2.91. The largest absolute Gasteiger partial charge is 0.489 e. The molecule has 1 heterocycles. The van der Waals surface area contributed by atoms with Gasteiger partial charge in [-0.15, -0.1) is 0 Å². The maximum Gasteiger partial charge on any atom is 0.120 e. The fourth-order valence-electron chi connectivity index (χ4n) is 1.90. The molecule has 0 atom stereocenters. The number of hydrogen-bond acceptors (Lipinski definition) is 3. The summed E-state index contributed by atoms with van der Waals surface area (Å²) < 4.78 is 5.79. The molecule has 0 aliphatic carbocycles. The maximum absolute atomic E-state index is 5.79. The van der Waals surface area contributed by atoms with E-state index >= 15 is 0 Å². The second kappa shape index (κ2) is 7.65. The summed E-state index contributed by atoms with van der Waals surface area (Å²) in [5.74, 6) is 1.57. The number of rotatable bonds is 7. The smallest absolute Gasteiger partial charge is 0.120 e. The van der Waals surface area contributed by atoms with E-state index in [1.165, 1.54) is 5.56 Å². The monoisotopic (exact) mass is 270 g/mol. The Labute approximate surface area is 121 Å². The molecule has 106 valence electrons. The normalized spacial score (nSPS) is 10.8. The molecule has 0 amide bonds. The lowest BCUT2D eigenvalue weighted by atomic mass is 10.2. The number of nitrogens with one attached hydrogen (secondary N) is 1. The molecule has 1 aromatic heterocycles. The summed E-state index contributed by atoms with van der Waals surface area (Å²) >= 11 is 0. The molecule has 0 aliphatic rings. The van der Waals surface area contributed by atoms with Crippen molar-refractivity contribution in [2.24, 2.45) is 5.92 Å². The predicted octanol–water partition coefficient (Wildman–Crippen LogP) is 3.41. The molecule has 0 radical (unpaired) electrons. The fourth-order valence-corrected chi connectivity index (χ4v) is 1.90. The van der Waals surface area contributed by atoms with Gasteiger partial charge in [-0.1, -0.05) is 32.0 Å². The molecule has 0 saturated heterocycles. The number of hydrogen-bond donors (Lipinski definition) is 1. The highest BCUT2D eigenvalue weighted by atomic mass is 16.5. The molecule has 0 aliphatic heterocycles. The van der Waals surface area contributed by atoms with Crippen LogP contribution in [0, 0.1) is 5.92 Å². The molecule has 3 heteroatoms. The molecule has 20 heavy (non-hydrogen) atoms. The summed E-state index contributed by atoms with van der Waals surface area (Å²) in [4.78, 5) is 4.08. The van der Waals surface area contributed by atoms with Crippen molar-refractivity contribution in [3.8, 4) is 5.75 Å². The molecular weight excluding hydrogens is 248 g/mol. The van der Waals surface area contributed by atoms with Crippen LogP contribution in [0.4, 0.5) is 0 Å². The summed E-state index contributed by atoms with van der Waals surface area (Å²) in [5.41, 5.74) is 2.32. The predicted molar refractivity (Wildman–Crippen MR) is 81.6 cm³/mol. The highest BCUT2D eigenvalue weighted by Gasteiger charge is 1.99. The minimum Gasteiger partial charge on any atom is -0.489 e. The van der Waals surface area contributed by atoms with Crippen molar-refractivity contribution in [3.63, 3.8) is 0 Å². The van der Waals surface area contributed by atoms with Gasteiger partial charge in [0, 0.05) is 24.5 Å². The minimum absolute atomic E-state index is 0.552. The summed E-state index contributed by atoms with van der Waals surface area (Å²) in [6.07, 6.45) is 3.60. The van der Waals surface area contributed by atoms with Crippen LogP contribution in [0.15, 0.2) is 48.8 Å². The molecule has 1 N–H and O–H groups in total. The van der Waals surface area contributed by atoms with Crippen LogP contribution in [-0.2, 0) is 13.2 Å². The van der Waals surface area contributed by atoms with E-state index in [0.29, 0.717) is 12.5 Å². The summed E-state index contributed by atoms with van der Waals surface area (Å²) in [7, 11) is 0. The zero-order valence-corrected chi connectivity index (χ0v) is 12.2. The molecule has 1 aromatic carbocycles. The van der Waals surface area contributed by atoms with Crippen LogP contribution >= 0.6 is 0 Å². The number of ether oxygens (including phenoxy) is 1. The topological polar surface area (TPSA) is 34.1 Å². The summed E-state index contributed by atoms with van der Waals surface area (Å²) in [5, 5.41) is 3.44. The maximum atomic E-state index is 5.79. The first-order valence-electron chi connectivity index (χ1n) is 7.05. The first kappa shape index (κ1) is 14.5. The van der Waals surface area contributed by atoms with Crippen molar-refractivity contribution in [1.82, 2.24) is 10.3 Å². The van der Waals surface area contributed by atoms with E-state index in [-0.39, 0.29) is 0 Å². The van der Waals surface area contributed by atoms with Gasteiger partial charge < -0.3 is 10.1 Å². The Morgan fingerprint density at radius 3 is 2.75 bits per heavy atom. The van der Waals surface area contributed by atoms with Crippen molar-refractivity contribution in [3.05, 3.63) is 59.9 Å². The van der Waals surface area contributed by atoms with Gasteiger partial charge >= 0.3 is 0 Å². The lowest BCUT2D eigenvalue weighted by Crippen LogP contribution is -2.18. The van der Waals surface area contributed by atoms with Crippen LogP contribution < -0.4 is 10.1 Å². The molecule has 0 fully saturated rings. The van der Waals surface area contributed by atoms with Crippen molar-refractivity contribution >= 4 is 0 Å². The van der Waals surface area contributed by atoms with E-state index < -0.39 is 0 Å². The van der Waals surface area contributed by atoms with E-state index in [4.69, 9.17) is 4.74 Å². The van der Waals surface area contributed by atoms with E-state index in [1.54, 1.807) is 6.20 Å². The first-order valence-corrected chi connectivity index (χ1v) is 7.05. The minimum atomic E-state index is 0.552. The van der Waals surface area contributed by atoms with Gasteiger partial charge in [0.1, 0.15) is 12.4 Å². The van der Waals surface area contributed by atoms with Crippen LogP contribution in [0.2, 0.25) is 0 Å². The zero-order valence-electron chi connectivity index (χ0n) is 12.2. The highest BCUT2D eigenvalue weighted by molar-refractivity contribution is 5.28. The average molecular weight is 270 g/mol. The Kier molecular flexibility index (Phi) is 5.56. The zero-order chi connectivity index (χ0) is 14.2. The lowest BCUT2D eigenvalue weighted by molar-refractivity contribution is 0.305. The van der Waals surface area contributed by atoms with Crippen LogP contribution in [0.1, 0.15) is 25.0 Å². The van der Waals surface area contributed by atoms with Crippen LogP contribution in [0.25, 0.3) is 0 Å². The SMILES string of the molecule is CC(C)CNCc1cccc(OCc2cccnc2)c1. The Morgan fingerprint density at radius 1 is 1.15 bits per heavy atom. The van der Waals surface area contributed by atoms with Crippen LogP contribution in [-0.4, -0.2) is 11.5 Å². The quantitative estimate of drug-likeness (QED) is 0.837. The van der Waals surface area contributed by atoms with Crippen molar-refractivity contribution in [2.45, 2.75) is 27.0 Å². The lowest BCUT2D eigenvalue weighted by Gasteiger charge is -2.10. The van der Waals surface area contributed by atoms with Gasteiger partial charge in [-0.3, -0.25) is 4.98 Å². The van der Waals surface area contributed by atoms with E-state index in [2.05, 4.69) is 36.3 Å². The Morgan fingerprint density at radius 2 is 2.00 bits per heavy atom. The molecule has 0 saturated carbocycles.